The zero-order chi connectivity index (χ0) is 19.3. The average molecular weight is 407 g/mol. The summed E-state index contributed by atoms with van der Waals surface area (Å²) < 4.78 is 0. The molecule has 0 saturated heterocycles. The molecular weight excluding hydrogens is 386 g/mol. The van der Waals surface area contributed by atoms with Gasteiger partial charge in [-0.25, -0.2) is 0 Å². The van der Waals surface area contributed by atoms with E-state index in [2.05, 4.69) is 9.98 Å². The minimum absolute atomic E-state index is 0. The van der Waals surface area contributed by atoms with Gasteiger partial charge in [-0.2, -0.15) is 0 Å². The van der Waals surface area contributed by atoms with E-state index >= 15 is 0 Å². The zero-order valence-electron chi connectivity index (χ0n) is 13.7. The van der Waals surface area contributed by atoms with Crippen molar-refractivity contribution in [1.82, 2.24) is 0 Å². The molecule has 0 bridgehead atoms. The summed E-state index contributed by atoms with van der Waals surface area (Å²) in [7, 11) is 1.00. The topological polar surface area (TPSA) is 200 Å². The number of nitrogens with two attached hydrogens (primary N) is 3. The van der Waals surface area contributed by atoms with Crippen molar-refractivity contribution in [1.29, 1.82) is 0 Å². The second-order valence-electron chi connectivity index (χ2n) is 3.72. The number of allylic oxidation sites excluding steroid dienone is 2. The van der Waals surface area contributed by atoms with Gasteiger partial charge in [-0.3, -0.25) is 29.7 Å². The van der Waals surface area contributed by atoms with Gasteiger partial charge in [-0.1, -0.05) is 7.43 Å². The van der Waals surface area contributed by atoms with E-state index < -0.39 is 16.7 Å². The number of amides is 2. The Hall–Kier alpha value is 0.193. The Morgan fingerprint density at radius 1 is 1.12 bits per heavy atom. The maximum atomic E-state index is 10.5. The van der Waals surface area contributed by atoms with Gasteiger partial charge in [0.15, 0.2) is 0 Å². The first kappa shape index (κ1) is 29.9. The Labute approximate surface area is 190 Å². The number of rotatable bonds is 3. The van der Waals surface area contributed by atoms with Crippen molar-refractivity contribution in [2.75, 3.05) is 20.2 Å². The van der Waals surface area contributed by atoms with Crippen molar-refractivity contribution in [3.05, 3.63) is 32.7 Å². The fourth-order valence-electron chi connectivity index (χ4n) is 1.37. The van der Waals surface area contributed by atoms with Crippen molar-refractivity contribution in [2.24, 2.45) is 27.2 Å². The molecule has 0 spiro atoms. The van der Waals surface area contributed by atoms with Crippen LogP contribution in [-0.4, -0.2) is 118 Å². The van der Waals surface area contributed by atoms with E-state index in [9.17, 15) is 19.7 Å². The molecule has 0 aromatic heterocycles. The van der Waals surface area contributed by atoms with Crippen molar-refractivity contribution < 1.29 is 19.6 Å². The molecule has 2 aliphatic heterocycles. The first-order valence-corrected chi connectivity index (χ1v) is 22.7. The van der Waals surface area contributed by atoms with Crippen LogP contribution in [0.25, 0.3) is 0 Å². The SMILES string of the molecule is C.CO.NC(=O)C1=C(N)C=NC1.NC(=O)C1=C([N+](=O)[O-])C=NC1.[K][K]. The molecule has 11 nitrogen and oxygen atoms in total. The molecule has 0 fully saturated rings. The molecule has 0 saturated carbocycles. The predicted octanol–water partition coefficient (Wildman–Crippen LogP) is -2.66. The van der Waals surface area contributed by atoms with Gasteiger partial charge in [-0.05, 0) is 0 Å². The Balaban J connectivity index is -0.000000316. The minimum atomic E-state index is -0.783. The molecule has 0 atom stereocenters. The number of carbonyl (C=O) groups is 2. The van der Waals surface area contributed by atoms with Gasteiger partial charge < -0.3 is 22.3 Å². The Bertz CT molecular complexity index is 601. The molecule has 2 aliphatic rings. The second kappa shape index (κ2) is 17.6. The van der Waals surface area contributed by atoms with E-state index in [0.717, 1.165) is 13.3 Å². The van der Waals surface area contributed by atoms with E-state index in [1.165, 1.54) is 69.4 Å². The van der Waals surface area contributed by atoms with Crippen LogP contribution in [0.4, 0.5) is 0 Å². The standard InChI is InChI=1S/C5H5N3O3.C5H7N3O.CH4O.CH4.2K/c6-5(9)3-1-7-2-4(3)8(10)11;6-4-2-8-1-3(4)5(7)9;1-2;;;/h2H,1H2,(H2,6,9);2H,1,6H2,(H2,7,9);2H,1H3;1H4;;. The van der Waals surface area contributed by atoms with E-state index in [0.29, 0.717) is 17.8 Å². The monoisotopic (exact) mass is 406 g/mol. The Kier molecular flexibility index (Phi) is 21.1. The van der Waals surface area contributed by atoms with E-state index in [1.807, 2.05) is 0 Å². The molecule has 2 heterocycles. The van der Waals surface area contributed by atoms with Crippen LogP contribution < -0.4 is 17.2 Å². The van der Waals surface area contributed by atoms with Crippen LogP contribution in [0, 0.1) is 10.1 Å². The number of primary amides is 2. The van der Waals surface area contributed by atoms with Gasteiger partial charge in [0.1, 0.15) is 5.57 Å². The molecule has 0 aliphatic carbocycles. The number of aliphatic hydroxyl groups is 1. The molecule has 0 aromatic rings. The van der Waals surface area contributed by atoms with Gasteiger partial charge in [0, 0.05) is 13.3 Å². The summed E-state index contributed by atoms with van der Waals surface area (Å²) in [6.07, 6.45) is 2.49. The summed E-state index contributed by atoms with van der Waals surface area (Å²) >= 11 is 2.50. The van der Waals surface area contributed by atoms with Crippen molar-refractivity contribution in [3.8, 4) is 0 Å². The van der Waals surface area contributed by atoms with Crippen LogP contribution >= 0.6 is 0 Å². The van der Waals surface area contributed by atoms with Crippen LogP contribution in [0.1, 0.15) is 7.43 Å². The molecular formula is C12H20K2N6O5. The quantitative estimate of drug-likeness (QED) is 0.224. The first-order chi connectivity index (χ1) is 11.3. The van der Waals surface area contributed by atoms with Crippen LogP contribution in [0.5, 0.6) is 0 Å². The van der Waals surface area contributed by atoms with Gasteiger partial charge in [0.2, 0.25) is 5.91 Å². The number of aliphatic imine (C=N–C) groups is 2. The molecule has 2 rings (SSSR count). The van der Waals surface area contributed by atoms with Crippen molar-refractivity contribution >= 4 is 87.4 Å². The Morgan fingerprint density at radius 3 is 1.76 bits per heavy atom. The van der Waals surface area contributed by atoms with Crippen LogP contribution in [0.2, 0.25) is 0 Å². The molecule has 7 N–H and O–H groups in total. The first-order valence-electron chi connectivity index (χ1n) is 6.74. The predicted molar refractivity (Wildman–Crippen MR) is 96.7 cm³/mol. The van der Waals surface area contributed by atoms with E-state index in [-0.39, 0.29) is 25.2 Å². The number of hydrogen-bond acceptors (Lipinski definition) is 8. The van der Waals surface area contributed by atoms with Crippen LogP contribution in [0.3, 0.4) is 0 Å². The molecule has 0 radical (unpaired) electrons. The third kappa shape index (κ3) is 11.5. The number of carbonyl (C=O) groups excluding carboxylic acids is 2. The normalized spacial score (nSPS) is 13.5. The van der Waals surface area contributed by atoms with Crippen molar-refractivity contribution in [3.63, 3.8) is 0 Å². The van der Waals surface area contributed by atoms with Crippen LogP contribution in [-0.2, 0) is 9.59 Å². The van der Waals surface area contributed by atoms with Crippen molar-refractivity contribution in [2.45, 2.75) is 7.43 Å². The summed E-state index contributed by atoms with van der Waals surface area (Å²) in [6, 6.07) is 0. The summed E-state index contributed by atoms with van der Waals surface area (Å²) in [4.78, 5) is 37.7. The molecule has 2 amide bonds. The average Bonchev–Trinajstić information content (AvgIpc) is 3.20. The molecule has 25 heavy (non-hydrogen) atoms. The molecule has 130 valence electrons. The van der Waals surface area contributed by atoms with Gasteiger partial charge in [-0.15, -0.1) is 0 Å². The number of hydrogen-bond donors (Lipinski definition) is 4. The third-order valence-electron chi connectivity index (χ3n) is 2.39. The summed E-state index contributed by atoms with van der Waals surface area (Å²) in [5, 5.41) is 17.2. The van der Waals surface area contributed by atoms with E-state index in [4.69, 9.17) is 22.3 Å². The fraction of sp³-hybridized carbons (Fsp3) is 0.333. The summed E-state index contributed by atoms with van der Waals surface area (Å²) in [5.41, 5.74) is 15.6. The van der Waals surface area contributed by atoms with Gasteiger partial charge in [0.05, 0.1) is 35.5 Å². The van der Waals surface area contributed by atoms with Crippen LogP contribution in [0.15, 0.2) is 32.5 Å². The molecule has 0 aromatic carbocycles. The summed E-state index contributed by atoms with van der Waals surface area (Å²) in [5.74, 6) is -1.26. The molecule has 0 unspecified atom stereocenters. The maximum absolute atomic E-state index is 10.5. The molecule has 13 heteroatoms. The van der Waals surface area contributed by atoms with Gasteiger partial charge >= 0.3 is 63.2 Å². The second-order valence-corrected chi connectivity index (χ2v) is 3.72. The number of aliphatic hydroxyl groups excluding tert-OH is 1. The number of nitrogens with zero attached hydrogens (tertiary/aromatic N) is 3. The zero-order valence-corrected chi connectivity index (χ0v) is 20.0. The fourth-order valence-corrected chi connectivity index (χ4v) is 1.37. The van der Waals surface area contributed by atoms with E-state index in [1.54, 1.807) is 0 Å². The third-order valence-corrected chi connectivity index (χ3v) is 2.39. The summed E-state index contributed by atoms with van der Waals surface area (Å²) in [6.45, 7) is 0.354. The number of nitro groups is 1. The Morgan fingerprint density at radius 2 is 1.52 bits per heavy atom. The van der Waals surface area contributed by atoms with Gasteiger partial charge in [0.25, 0.3) is 11.6 Å².